The van der Waals surface area contributed by atoms with Gasteiger partial charge in [-0.2, -0.15) is 0 Å². The second kappa shape index (κ2) is 13.8. The van der Waals surface area contributed by atoms with Crippen molar-refractivity contribution in [1.82, 2.24) is 24.9 Å². The number of nitrogens with one attached hydrogen (secondary N) is 1. The quantitative estimate of drug-likeness (QED) is 0.224. The molecule has 1 aromatic carbocycles. The van der Waals surface area contributed by atoms with Crippen molar-refractivity contribution in [3.63, 3.8) is 0 Å². The summed E-state index contributed by atoms with van der Waals surface area (Å²) in [7, 11) is 2.22. The van der Waals surface area contributed by atoms with Gasteiger partial charge in [0.1, 0.15) is 0 Å². The zero-order valence-electron chi connectivity index (χ0n) is 20.5. The molecule has 0 saturated carbocycles. The van der Waals surface area contributed by atoms with E-state index in [4.69, 9.17) is 9.73 Å². The monoisotopic (exact) mass is 570 g/mol. The summed E-state index contributed by atoms with van der Waals surface area (Å²) in [5.41, 5.74) is 1.38. The molecule has 0 spiro atoms. The molecule has 3 saturated heterocycles. The molecule has 4 rings (SSSR count). The van der Waals surface area contributed by atoms with Crippen LogP contribution in [-0.4, -0.2) is 117 Å². The van der Waals surface area contributed by atoms with E-state index in [1.165, 1.54) is 44.7 Å². The van der Waals surface area contributed by atoms with Gasteiger partial charge in [-0.1, -0.05) is 30.3 Å². The van der Waals surface area contributed by atoms with E-state index in [9.17, 15) is 0 Å². The number of fused-ring (bicyclic) bond motifs is 1. The summed E-state index contributed by atoms with van der Waals surface area (Å²) in [6.07, 6.45) is 2.65. The lowest BCUT2D eigenvalue weighted by molar-refractivity contribution is -0.0502. The van der Waals surface area contributed by atoms with Crippen LogP contribution in [0.4, 0.5) is 0 Å². The Kier molecular flexibility index (Phi) is 11.2. The molecule has 186 valence electrons. The summed E-state index contributed by atoms with van der Waals surface area (Å²) in [6.45, 7) is 14.7. The van der Waals surface area contributed by atoms with Crippen LogP contribution in [0.5, 0.6) is 0 Å². The van der Waals surface area contributed by atoms with Crippen LogP contribution in [0, 0.1) is 0 Å². The Morgan fingerprint density at radius 3 is 2.61 bits per heavy atom. The molecule has 0 aliphatic carbocycles. The van der Waals surface area contributed by atoms with Crippen molar-refractivity contribution in [1.29, 1.82) is 0 Å². The van der Waals surface area contributed by atoms with Crippen LogP contribution in [0.1, 0.15) is 25.3 Å². The van der Waals surface area contributed by atoms with Gasteiger partial charge in [-0.3, -0.25) is 9.89 Å². The minimum absolute atomic E-state index is 0. The van der Waals surface area contributed by atoms with Gasteiger partial charge in [0.2, 0.25) is 0 Å². The summed E-state index contributed by atoms with van der Waals surface area (Å²) in [4.78, 5) is 15.0. The molecule has 33 heavy (non-hydrogen) atoms. The molecular weight excluding hydrogens is 527 g/mol. The van der Waals surface area contributed by atoms with Gasteiger partial charge in [0.25, 0.3) is 0 Å². The first-order chi connectivity index (χ1) is 15.7. The number of likely N-dealkylation sites (tertiary alicyclic amines) is 1. The molecule has 1 aromatic rings. The highest BCUT2D eigenvalue weighted by molar-refractivity contribution is 14.0. The summed E-state index contributed by atoms with van der Waals surface area (Å²) < 4.78 is 6.17. The van der Waals surface area contributed by atoms with E-state index in [0.717, 1.165) is 58.3 Å². The summed E-state index contributed by atoms with van der Waals surface area (Å²) in [5.74, 6) is 1.06. The molecular formula is C25H43IN6O. The first kappa shape index (κ1) is 26.7. The van der Waals surface area contributed by atoms with Gasteiger partial charge in [0.15, 0.2) is 5.96 Å². The lowest BCUT2D eigenvalue weighted by Crippen LogP contribution is -2.50. The Labute approximate surface area is 217 Å². The number of guanidine groups is 1. The average molecular weight is 571 g/mol. The van der Waals surface area contributed by atoms with Crippen LogP contribution in [-0.2, 0) is 11.3 Å². The van der Waals surface area contributed by atoms with Crippen molar-refractivity contribution in [3.05, 3.63) is 35.9 Å². The van der Waals surface area contributed by atoms with Crippen molar-refractivity contribution in [3.8, 4) is 0 Å². The van der Waals surface area contributed by atoms with Gasteiger partial charge in [-0.15, -0.1) is 24.0 Å². The molecule has 7 nitrogen and oxygen atoms in total. The van der Waals surface area contributed by atoms with Gasteiger partial charge in [-0.05, 0) is 38.9 Å². The Balaban J connectivity index is 0.00000306. The Morgan fingerprint density at radius 2 is 1.85 bits per heavy atom. The highest BCUT2D eigenvalue weighted by atomic mass is 127. The van der Waals surface area contributed by atoms with Crippen molar-refractivity contribution >= 4 is 29.9 Å². The van der Waals surface area contributed by atoms with E-state index in [1.54, 1.807) is 0 Å². The minimum Gasteiger partial charge on any atom is -0.373 e. The molecule has 1 N–H and O–H groups in total. The average Bonchev–Trinajstić information content (AvgIpc) is 3.25. The number of hydrogen-bond acceptors (Lipinski definition) is 5. The molecule has 0 aromatic heterocycles. The van der Waals surface area contributed by atoms with Gasteiger partial charge in [-0.25, -0.2) is 0 Å². The van der Waals surface area contributed by atoms with Crippen LogP contribution in [0.15, 0.2) is 35.3 Å². The van der Waals surface area contributed by atoms with Crippen molar-refractivity contribution < 1.29 is 4.74 Å². The maximum absolute atomic E-state index is 6.17. The van der Waals surface area contributed by atoms with E-state index < -0.39 is 0 Å². The van der Waals surface area contributed by atoms with Gasteiger partial charge in [0.05, 0.1) is 18.8 Å². The van der Waals surface area contributed by atoms with Crippen molar-refractivity contribution in [2.45, 2.75) is 38.5 Å². The predicted molar refractivity (Wildman–Crippen MR) is 147 cm³/mol. The number of halogens is 1. The second-order valence-corrected chi connectivity index (χ2v) is 9.43. The molecule has 8 heteroatoms. The fourth-order valence-corrected chi connectivity index (χ4v) is 5.07. The highest BCUT2D eigenvalue weighted by Gasteiger charge is 2.41. The highest BCUT2D eigenvalue weighted by Crippen LogP contribution is 2.24. The molecule has 2 atom stereocenters. The second-order valence-electron chi connectivity index (χ2n) is 9.43. The summed E-state index contributed by atoms with van der Waals surface area (Å²) in [5, 5.41) is 3.53. The van der Waals surface area contributed by atoms with Crippen LogP contribution in [0.25, 0.3) is 0 Å². The van der Waals surface area contributed by atoms with Crippen LogP contribution >= 0.6 is 24.0 Å². The SMILES string of the molecule is CCNC(=NCCCCN1CCN(C)CC1)N1CC2OCCN(Cc3ccccc3)C2C1.I. The van der Waals surface area contributed by atoms with Crippen molar-refractivity contribution in [2.75, 3.05) is 79.1 Å². The number of piperazine rings is 1. The molecule has 2 unspecified atom stereocenters. The van der Waals surface area contributed by atoms with E-state index in [2.05, 4.69) is 69.2 Å². The number of unbranched alkanes of at least 4 members (excludes halogenated alkanes) is 1. The van der Waals surface area contributed by atoms with Crippen LogP contribution < -0.4 is 5.32 Å². The minimum atomic E-state index is 0. The van der Waals surface area contributed by atoms with Gasteiger partial charge < -0.3 is 24.8 Å². The fraction of sp³-hybridized carbons (Fsp3) is 0.720. The molecule has 0 radical (unpaired) electrons. The molecule has 3 fully saturated rings. The molecule has 3 aliphatic heterocycles. The first-order valence-electron chi connectivity index (χ1n) is 12.6. The third-order valence-corrected chi connectivity index (χ3v) is 7.02. The van der Waals surface area contributed by atoms with Gasteiger partial charge in [0, 0.05) is 65.4 Å². The molecule has 0 amide bonds. The molecule has 3 aliphatic rings. The maximum atomic E-state index is 6.17. The number of nitrogens with zero attached hydrogens (tertiary/aromatic N) is 5. The Bertz CT molecular complexity index is 712. The van der Waals surface area contributed by atoms with Crippen molar-refractivity contribution in [2.24, 2.45) is 4.99 Å². The Hall–Kier alpha value is -0.940. The summed E-state index contributed by atoms with van der Waals surface area (Å²) in [6, 6.07) is 11.2. The molecule has 3 heterocycles. The third kappa shape index (κ3) is 7.78. The zero-order valence-corrected chi connectivity index (χ0v) is 22.8. The fourth-order valence-electron chi connectivity index (χ4n) is 5.07. The third-order valence-electron chi connectivity index (χ3n) is 7.02. The van der Waals surface area contributed by atoms with E-state index >= 15 is 0 Å². The number of aliphatic imine (C=N–C) groups is 1. The van der Waals surface area contributed by atoms with E-state index in [-0.39, 0.29) is 30.1 Å². The Morgan fingerprint density at radius 1 is 1.06 bits per heavy atom. The lowest BCUT2D eigenvalue weighted by Gasteiger charge is -2.36. The normalized spacial score (nSPS) is 25.0. The smallest absolute Gasteiger partial charge is 0.194 e. The standard InChI is InChI=1S/C25H42N6O.HI/c1-3-26-25(27-11-7-8-12-29-15-13-28(2)14-16-29)31-20-23-24(21-31)32-18-17-30(23)19-22-9-5-4-6-10-22;/h4-6,9-10,23-24H,3,7-8,11-21H2,1-2H3,(H,26,27);1H. The number of hydrogen-bond donors (Lipinski definition) is 1. The number of likely N-dealkylation sites (N-methyl/N-ethyl adjacent to an activating group) is 1. The first-order valence-corrected chi connectivity index (χ1v) is 12.6. The zero-order chi connectivity index (χ0) is 22.2. The number of ether oxygens (including phenoxy) is 1. The summed E-state index contributed by atoms with van der Waals surface area (Å²) >= 11 is 0. The number of morpholine rings is 1. The van der Waals surface area contributed by atoms with E-state index in [1.807, 2.05) is 0 Å². The van der Waals surface area contributed by atoms with Gasteiger partial charge >= 0.3 is 0 Å². The maximum Gasteiger partial charge on any atom is 0.194 e. The largest absolute Gasteiger partial charge is 0.373 e. The van der Waals surface area contributed by atoms with Crippen LogP contribution in [0.2, 0.25) is 0 Å². The predicted octanol–water partition coefficient (Wildman–Crippen LogP) is 2.18. The topological polar surface area (TPSA) is 46.6 Å². The lowest BCUT2D eigenvalue weighted by atomic mass is 10.1. The van der Waals surface area contributed by atoms with E-state index in [0.29, 0.717) is 6.04 Å². The number of benzene rings is 1. The van der Waals surface area contributed by atoms with Crippen LogP contribution in [0.3, 0.4) is 0 Å². The molecule has 0 bridgehead atoms. The number of rotatable bonds is 8.